The van der Waals surface area contributed by atoms with Crippen molar-refractivity contribution in [2.24, 2.45) is 5.41 Å². The fourth-order valence-corrected chi connectivity index (χ4v) is 5.95. The van der Waals surface area contributed by atoms with Gasteiger partial charge in [-0.15, -0.1) is 0 Å². The van der Waals surface area contributed by atoms with Crippen LogP contribution in [0, 0.1) is 16.7 Å². The smallest absolute Gasteiger partial charge is 0.410 e. The van der Waals surface area contributed by atoms with Crippen molar-refractivity contribution in [2.75, 3.05) is 43.4 Å². The summed E-state index contributed by atoms with van der Waals surface area (Å²) in [5.41, 5.74) is 3.12. The molecule has 212 valence electrons. The molecule has 2 aromatic rings. The highest BCUT2D eigenvalue weighted by Gasteiger charge is 2.51. The lowest BCUT2D eigenvalue weighted by Gasteiger charge is -2.47. The van der Waals surface area contributed by atoms with E-state index in [0.29, 0.717) is 24.6 Å². The Morgan fingerprint density at radius 1 is 1.18 bits per heavy atom. The van der Waals surface area contributed by atoms with Crippen molar-refractivity contribution in [3.8, 4) is 6.07 Å². The molecule has 1 spiro atoms. The largest absolute Gasteiger partial charge is 0.444 e. The Balaban J connectivity index is 1.38. The van der Waals surface area contributed by atoms with Crippen LogP contribution in [0.4, 0.5) is 16.6 Å². The first kappa shape index (κ1) is 27.7. The molecule has 1 aliphatic carbocycles. The molecule has 5 rings (SSSR count). The average molecular weight is 546 g/mol. The summed E-state index contributed by atoms with van der Waals surface area (Å²) in [6.45, 7) is 8.63. The lowest BCUT2D eigenvalue weighted by atomic mass is 9.79. The van der Waals surface area contributed by atoms with Gasteiger partial charge in [-0.05, 0) is 70.6 Å². The Morgan fingerprint density at radius 2 is 1.95 bits per heavy atom. The SMILES string of the molecule is CNC(=O)CC(Nc1nc(N2CCC3(CN(C(=O)OC(C)(C)C)C3)C2)nc2c1CCCC2)c1cccc(C#N)c1. The molecule has 3 heterocycles. The van der Waals surface area contributed by atoms with Gasteiger partial charge < -0.3 is 25.2 Å². The standard InChI is InChI=1S/C30H39N7O3/c1-29(2,3)40-28(39)37-18-30(19-37)12-13-36(17-30)27-34-23-11-6-5-10-22(23)26(35-27)33-24(15-25(38)32-4)21-9-7-8-20(14-21)16-31/h7-9,14,24H,5-6,10-13,15,17-19H2,1-4H3,(H,32,38)(H,33,34,35). The molecule has 0 radical (unpaired) electrons. The highest BCUT2D eigenvalue weighted by Crippen LogP contribution is 2.42. The van der Waals surface area contributed by atoms with Crippen molar-refractivity contribution in [1.29, 1.82) is 5.26 Å². The number of nitriles is 1. The van der Waals surface area contributed by atoms with Crippen LogP contribution < -0.4 is 15.5 Å². The number of carbonyl (C=O) groups excluding carboxylic acids is 2. The minimum Gasteiger partial charge on any atom is -0.444 e. The molecule has 1 atom stereocenters. The van der Waals surface area contributed by atoms with Gasteiger partial charge in [-0.3, -0.25) is 4.79 Å². The molecule has 0 saturated carbocycles. The van der Waals surface area contributed by atoms with Crippen LogP contribution in [0.25, 0.3) is 0 Å². The second kappa shape index (κ2) is 11.0. The number of nitrogens with one attached hydrogen (secondary N) is 2. The van der Waals surface area contributed by atoms with E-state index in [0.717, 1.165) is 67.8 Å². The third-order valence-electron chi connectivity index (χ3n) is 7.99. The first-order valence-electron chi connectivity index (χ1n) is 14.2. The van der Waals surface area contributed by atoms with Crippen molar-refractivity contribution in [2.45, 2.75) is 70.9 Å². The van der Waals surface area contributed by atoms with E-state index in [-0.39, 0.29) is 29.9 Å². The summed E-state index contributed by atoms with van der Waals surface area (Å²) in [4.78, 5) is 39.0. The maximum absolute atomic E-state index is 12.5. The number of hydrogen-bond donors (Lipinski definition) is 2. The van der Waals surface area contributed by atoms with Gasteiger partial charge in [0.05, 0.1) is 29.8 Å². The molecule has 3 aliphatic rings. The first-order valence-corrected chi connectivity index (χ1v) is 14.2. The molecule has 10 nitrogen and oxygen atoms in total. The van der Waals surface area contributed by atoms with Crippen molar-refractivity contribution in [3.63, 3.8) is 0 Å². The van der Waals surface area contributed by atoms with Crippen LogP contribution in [0.2, 0.25) is 0 Å². The Hall–Kier alpha value is -3.87. The maximum atomic E-state index is 12.5. The van der Waals surface area contributed by atoms with Gasteiger partial charge in [0.15, 0.2) is 0 Å². The third-order valence-corrected chi connectivity index (χ3v) is 7.99. The van der Waals surface area contributed by atoms with Crippen LogP contribution >= 0.6 is 0 Å². The van der Waals surface area contributed by atoms with Crippen LogP contribution in [-0.4, -0.2) is 65.7 Å². The van der Waals surface area contributed by atoms with E-state index in [1.165, 1.54) is 0 Å². The average Bonchev–Trinajstić information content (AvgIpc) is 3.37. The zero-order chi connectivity index (χ0) is 28.5. The predicted octanol–water partition coefficient (Wildman–Crippen LogP) is 3.96. The number of amides is 2. The van der Waals surface area contributed by atoms with E-state index in [2.05, 4.69) is 21.6 Å². The number of anilines is 2. The van der Waals surface area contributed by atoms with Gasteiger partial charge in [0.25, 0.3) is 0 Å². The first-order chi connectivity index (χ1) is 19.1. The zero-order valence-electron chi connectivity index (χ0n) is 23.9. The monoisotopic (exact) mass is 545 g/mol. The molecule has 0 bridgehead atoms. The molecular weight excluding hydrogens is 506 g/mol. The lowest BCUT2D eigenvalue weighted by Crippen LogP contribution is -2.60. The van der Waals surface area contributed by atoms with Crippen LogP contribution in [0.15, 0.2) is 24.3 Å². The van der Waals surface area contributed by atoms with Gasteiger partial charge in [0.2, 0.25) is 11.9 Å². The van der Waals surface area contributed by atoms with E-state index < -0.39 is 5.60 Å². The normalized spacial score (nSPS) is 18.4. The third kappa shape index (κ3) is 5.98. The van der Waals surface area contributed by atoms with Gasteiger partial charge >= 0.3 is 6.09 Å². The number of rotatable bonds is 6. The Bertz CT molecular complexity index is 1320. The Morgan fingerprint density at radius 3 is 2.67 bits per heavy atom. The van der Waals surface area contributed by atoms with Crippen molar-refractivity contribution in [3.05, 3.63) is 46.6 Å². The molecular formula is C30H39N7O3. The van der Waals surface area contributed by atoms with Gasteiger partial charge in [0, 0.05) is 44.2 Å². The number of ether oxygens (including phenoxy) is 1. The molecule has 1 aromatic heterocycles. The highest BCUT2D eigenvalue weighted by atomic mass is 16.6. The number of carbonyl (C=O) groups is 2. The minimum absolute atomic E-state index is 0.0310. The second-order valence-electron chi connectivity index (χ2n) is 12.3. The summed E-state index contributed by atoms with van der Waals surface area (Å²) < 4.78 is 5.55. The van der Waals surface area contributed by atoms with Gasteiger partial charge in [-0.2, -0.15) is 10.2 Å². The van der Waals surface area contributed by atoms with Crippen LogP contribution in [0.3, 0.4) is 0 Å². The summed E-state index contributed by atoms with van der Waals surface area (Å²) in [7, 11) is 1.63. The summed E-state index contributed by atoms with van der Waals surface area (Å²) >= 11 is 0. The summed E-state index contributed by atoms with van der Waals surface area (Å²) in [6.07, 6.45) is 4.87. The van der Waals surface area contributed by atoms with E-state index in [4.69, 9.17) is 14.7 Å². The van der Waals surface area contributed by atoms with E-state index in [1.54, 1.807) is 18.0 Å². The van der Waals surface area contributed by atoms with Crippen molar-refractivity contribution in [1.82, 2.24) is 20.2 Å². The number of aromatic nitrogens is 2. The Labute approximate surface area is 236 Å². The number of benzene rings is 1. The van der Waals surface area contributed by atoms with Crippen LogP contribution in [0.1, 0.15) is 74.9 Å². The van der Waals surface area contributed by atoms with E-state index >= 15 is 0 Å². The molecule has 2 N–H and O–H groups in total. The fourth-order valence-electron chi connectivity index (χ4n) is 5.95. The van der Waals surface area contributed by atoms with Crippen LogP contribution in [0.5, 0.6) is 0 Å². The zero-order valence-corrected chi connectivity index (χ0v) is 23.9. The molecule has 1 unspecified atom stereocenters. The number of fused-ring (bicyclic) bond motifs is 1. The lowest BCUT2D eigenvalue weighted by molar-refractivity contribution is -0.120. The minimum atomic E-state index is -0.506. The molecule has 10 heteroatoms. The molecule has 40 heavy (non-hydrogen) atoms. The molecule has 1 aromatic carbocycles. The number of aryl methyl sites for hydroxylation is 1. The van der Waals surface area contributed by atoms with Crippen molar-refractivity contribution < 1.29 is 14.3 Å². The topological polar surface area (TPSA) is 123 Å². The maximum Gasteiger partial charge on any atom is 0.410 e. The Kier molecular flexibility index (Phi) is 7.58. The van der Waals surface area contributed by atoms with Crippen molar-refractivity contribution >= 4 is 23.8 Å². The molecule has 2 amide bonds. The summed E-state index contributed by atoms with van der Waals surface area (Å²) in [6, 6.07) is 9.22. The highest BCUT2D eigenvalue weighted by molar-refractivity contribution is 5.77. The van der Waals surface area contributed by atoms with Crippen LogP contribution in [-0.2, 0) is 22.4 Å². The molecule has 2 aliphatic heterocycles. The number of likely N-dealkylation sites (tertiary alicyclic amines) is 1. The van der Waals surface area contributed by atoms with Gasteiger partial charge in [-0.1, -0.05) is 12.1 Å². The number of hydrogen-bond acceptors (Lipinski definition) is 8. The second-order valence-corrected chi connectivity index (χ2v) is 12.3. The quantitative estimate of drug-likeness (QED) is 0.559. The van der Waals surface area contributed by atoms with Gasteiger partial charge in [-0.25, -0.2) is 9.78 Å². The summed E-state index contributed by atoms with van der Waals surface area (Å²) in [5, 5.41) is 15.7. The fraction of sp³-hybridized carbons (Fsp3) is 0.567. The van der Waals surface area contributed by atoms with Gasteiger partial charge in [0.1, 0.15) is 11.4 Å². The summed E-state index contributed by atoms with van der Waals surface area (Å²) in [5.74, 6) is 1.37. The van der Waals surface area contributed by atoms with E-state index in [1.807, 2.05) is 39.0 Å². The predicted molar refractivity (Wildman–Crippen MR) is 152 cm³/mol. The molecule has 2 fully saturated rings. The molecule has 2 saturated heterocycles. The van der Waals surface area contributed by atoms with E-state index in [9.17, 15) is 14.9 Å². The number of nitrogens with zero attached hydrogens (tertiary/aromatic N) is 5.